The minimum absolute atomic E-state index is 0.279. The molecule has 0 amide bonds. The first-order valence-corrected chi connectivity index (χ1v) is 5.75. The number of hydrogen-bond donors (Lipinski definition) is 1. The molecule has 0 spiro atoms. The third-order valence-corrected chi connectivity index (χ3v) is 2.82. The number of halogens is 3. The van der Waals surface area contributed by atoms with Crippen LogP contribution in [-0.2, 0) is 6.42 Å². The fourth-order valence-electron chi connectivity index (χ4n) is 1.64. The lowest BCUT2D eigenvalue weighted by Gasteiger charge is -2.11. The maximum atomic E-state index is 13.6. The average Bonchev–Trinajstić information content (AvgIpc) is 2.33. The van der Waals surface area contributed by atoms with E-state index in [9.17, 15) is 8.78 Å². The van der Waals surface area contributed by atoms with Gasteiger partial charge in [-0.25, -0.2) is 8.78 Å². The SMILES string of the molecule is NC(Cc1ccc(Cl)cc1F)c1ccc(F)cn1. The van der Waals surface area contributed by atoms with E-state index in [-0.39, 0.29) is 6.42 Å². The van der Waals surface area contributed by atoms with Gasteiger partial charge >= 0.3 is 0 Å². The van der Waals surface area contributed by atoms with Crippen molar-refractivity contribution in [2.24, 2.45) is 5.73 Å². The molecule has 5 heteroatoms. The molecule has 1 aromatic heterocycles. The molecule has 0 saturated carbocycles. The molecule has 18 heavy (non-hydrogen) atoms. The van der Waals surface area contributed by atoms with Gasteiger partial charge in [0.2, 0.25) is 0 Å². The van der Waals surface area contributed by atoms with Gasteiger partial charge in [0, 0.05) is 5.02 Å². The van der Waals surface area contributed by atoms with Crippen molar-refractivity contribution in [3.63, 3.8) is 0 Å². The maximum Gasteiger partial charge on any atom is 0.141 e. The summed E-state index contributed by atoms with van der Waals surface area (Å²) in [6.07, 6.45) is 1.37. The lowest BCUT2D eigenvalue weighted by Crippen LogP contribution is -2.15. The highest BCUT2D eigenvalue weighted by molar-refractivity contribution is 6.30. The van der Waals surface area contributed by atoms with E-state index in [4.69, 9.17) is 17.3 Å². The molecule has 0 bridgehead atoms. The third-order valence-electron chi connectivity index (χ3n) is 2.59. The summed E-state index contributed by atoms with van der Waals surface area (Å²) < 4.78 is 26.3. The molecule has 1 atom stereocenters. The molecular formula is C13H11ClF2N2. The Kier molecular flexibility index (Phi) is 3.89. The summed E-state index contributed by atoms with van der Waals surface area (Å²) in [6, 6.07) is 6.71. The van der Waals surface area contributed by atoms with Gasteiger partial charge in [-0.3, -0.25) is 4.98 Å². The van der Waals surface area contributed by atoms with E-state index in [0.717, 1.165) is 6.20 Å². The van der Waals surface area contributed by atoms with Gasteiger partial charge in [0.1, 0.15) is 11.6 Å². The normalized spacial score (nSPS) is 12.4. The van der Waals surface area contributed by atoms with Crippen LogP contribution in [0.2, 0.25) is 5.02 Å². The summed E-state index contributed by atoms with van der Waals surface area (Å²) in [7, 11) is 0. The molecule has 1 heterocycles. The smallest absolute Gasteiger partial charge is 0.141 e. The van der Waals surface area contributed by atoms with Crippen LogP contribution in [0.5, 0.6) is 0 Å². The summed E-state index contributed by atoms with van der Waals surface area (Å²) in [5.74, 6) is -0.830. The second kappa shape index (κ2) is 5.42. The van der Waals surface area contributed by atoms with E-state index in [0.29, 0.717) is 16.3 Å². The third kappa shape index (κ3) is 3.03. The van der Waals surface area contributed by atoms with Crippen molar-refractivity contribution in [3.05, 3.63) is 64.4 Å². The van der Waals surface area contributed by atoms with Crippen LogP contribution in [0.25, 0.3) is 0 Å². The predicted molar refractivity (Wildman–Crippen MR) is 66.2 cm³/mol. The molecule has 0 radical (unpaired) electrons. The first-order valence-electron chi connectivity index (χ1n) is 5.37. The second-order valence-corrected chi connectivity index (χ2v) is 4.38. The lowest BCUT2D eigenvalue weighted by molar-refractivity contribution is 0.585. The minimum atomic E-state index is -0.485. The Morgan fingerprint density at radius 2 is 2.00 bits per heavy atom. The van der Waals surface area contributed by atoms with Crippen LogP contribution >= 0.6 is 11.6 Å². The van der Waals surface area contributed by atoms with Gasteiger partial charge < -0.3 is 5.73 Å². The lowest BCUT2D eigenvalue weighted by atomic mass is 10.0. The van der Waals surface area contributed by atoms with Crippen LogP contribution in [0.15, 0.2) is 36.5 Å². The van der Waals surface area contributed by atoms with Gasteiger partial charge in [-0.1, -0.05) is 17.7 Å². The molecule has 1 aromatic carbocycles. The van der Waals surface area contributed by atoms with Gasteiger partial charge in [0.15, 0.2) is 0 Å². The molecule has 94 valence electrons. The second-order valence-electron chi connectivity index (χ2n) is 3.95. The molecule has 2 N–H and O–H groups in total. The first-order chi connectivity index (χ1) is 8.56. The topological polar surface area (TPSA) is 38.9 Å². The molecule has 2 aromatic rings. The number of rotatable bonds is 3. The van der Waals surface area contributed by atoms with Crippen LogP contribution in [0, 0.1) is 11.6 Å². The number of aromatic nitrogens is 1. The highest BCUT2D eigenvalue weighted by Gasteiger charge is 2.12. The van der Waals surface area contributed by atoms with Crippen molar-refractivity contribution in [2.45, 2.75) is 12.5 Å². The number of pyridine rings is 1. The van der Waals surface area contributed by atoms with Crippen molar-refractivity contribution in [1.82, 2.24) is 4.98 Å². The Labute approximate surface area is 108 Å². The van der Waals surface area contributed by atoms with E-state index in [1.807, 2.05) is 0 Å². The fourth-order valence-corrected chi connectivity index (χ4v) is 1.79. The Hall–Kier alpha value is -1.52. The molecule has 2 rings (SSSR count). The van der Waals surface area contributed by atoms with Crippen LogP contribution < -0.4 is 5.73 Å². The zero-order valence-electron chi connectivity index (χ0n) is 9.41. The van der Waals surface area contributed by atoms with Gasteiger partial charge in [-0.05, 0) is 36.2 Å². The van der Waals surface area contributed by atoms with Gasteiger partial charge in [0.25, 0.3) is 0 Å². The number of nitrogens with zero attached hydrogens (tertiary/aromatic N) is 1. The molecule has 2 nitrogen and oxygen atoms in total. The standard InChI is InChI=1S/C13H11ClF2N2/c14-9-2-1-8(11(16)6-9)5-12(17)13-4-3-10(15)7-18-13/h1-4,6-7,12H,5,17H2. The van der Waals surface area contributed by atoms with Crippen molar-refractivity contribution < 1.29 is 8.78 Å². The molecule has 0 fully saturated rings. The van der Waals surface area contributed by atoms with E-state index in [1.165, 1.54) is 18.2 Å². The Balaban J connectivity index is 2.15. The monoisotopic (exact) mass is 268 g/mol. The highest BCUT2D eigenvalue weighted by atomic mass is 35.5. The summed E-state index contributed by atoms with van der Waals surface area (Å²) in [4.78, 5) is 3.87. The summed E-state index contributed by atoms with van der Waals surface area (Å²) in [6.45, 7) is 0. The van der Waals surface area contributed by atoms with Crippen LogP contribution in [-0.4, -0.2) is 4.98 Å². The van der Waals surface area contributed by atoms with Crippen LogP contribution in [0.1, 0.15) is 17.3 Å². The summed E-state index contributed by atoms with van der Waals surface area (Å²) >= 11 is 5.66. The zero-order chi connectivity index (χ0) is 13.1. The van der Waals surface area contributed by atoms with Crippen LogP contribution in [0.3, 0.4) is 0 Å². The highest BCUT2D eigenvalue weighted by Crippen LogP contribution is 2.19. The van der Waals surface area contributed by atoms with Crippen molar-refractivity contribution in [2.75, 3.05) is 0 Å². The van der Waals surface area contributed by atoms with Crippen molar-refractivity contribution in [1.29, 1.82) is 0 Å². The average molecular weight is 269 g/mol. The Bertz CT molecular complexity index is 543. The number of hydrogen-bond acceptors (Lipinski definition) is 2. The first kappa shape index (κ1) is 12.9. The largest absolute Gasteiger partial charge is 0.322 e. The maximum absolute atomic E-state index is 13.6. The molecule has 0 aliphatic rings. The van der Waals surface area contributed by atoms with Crippen LogP contribution in [0.4, 0.5) is 8.78 Å². The van der Waals surface area contributed by atoms with E-state index in [2.05, 4.69) is 4.98 Å². The summed E-state index contributed by atoms with van der Waals surface area (Å²) in [5, 5.41) is 0.338. The fraction of sp³-hybridized carbons (Fsp3) is 0.154. The molecule has 0 saturated heterocycles. The van der Waals surface area contributed by atoms with E-state index in [1.54, 1.807) is 12.1 Å². The molecule has 0 aliphatic heterocycles. The zero-order valence-corrected chi connectivity index (χ0v) is 10.2. The Morgan fingerprint density at radius 1 is 1.22 bits per heavy atom. The number of nitrogens with two attached hydrogens (primary N) is 1. The van der Waals surface area contributed by atoms with E-state index < -0.39 is 17.7 Å². The molecule has 0 aliphatic carbocycles. The number of benzene rings is 1. The van der Waals surface area contributed by atoms with Crippen molar-refractivity contribution >= 4 is 11.6 Å². The van der Waals surface area contributed by atoms with Gasteiger partial charge in [0.05, 0.1) is 17.9 Å². The Morgan fingerprint density at radius 3 is 2.61 bits per heavy atom. The quantitative estimate of drug-likeness (QED) is 0.928. The minimum Gasteiger partial charge on any atom is -0.322 e. The van der Waals surface area contributed by atoms with Gasteiger partial charge in [-0.2, -0.15) is 0 Å². The van der Waals surface area contributed by atoms with Crippen molar-refractivity contribution in [3.8, 4) is 0 Å². The molecular weight excluding hydrogens is 258 g/mol. The predicted octanol–water partition coefficient (Wildman–Crippen LogP) is 3.26. The van der Waals surface area contributed by atoms with Gasteiger partial charge in [-0.15, -0.1) is 0 Å². The molecule has 1 unspecified atom stereocenters. The van der Waals surface area contributed by atoms with E-state index >= 15 is 0 Å². The summed E-state index contributed by atoms with van der Waals surface area (Å²) in [5.41, 5.74) is 6.88.